The lowest BCUT2D eigenvalue weighted by Gasteiger charge is -2.11. The highest BCUT2D eigenvalue weighted by molar-refractivity contribution is 5.27. The van der Waals surface area contributed by atoms with Crippen LogP contribution in [0.4, 0.5) is 0 Å². The summed E-state index contributed by atoms with van der Waals surface area (Å²) < 4.78 is 0. The number of nitrogens with two attached hydrogens (primary N) is 1. The molecular formula is C10H16N2. The molecule has 1 unspecified atom stereocenters. The third-order valence-electron chi connectivity index (χ3n) is 2.17. The van der Waals surface area contributed by atoms with Crippen molar-refractivity contribution < 1.29 is 0 Å². The molecule has 1 aromatic heterocycles. The maximum absolute atomic E-state index is 5.58. The molecule has 0 bridgehead atoms. The Bertz CT molecular complexity index is 269. The molecule has 0 aliphatic rings. The van der Waals surface area contributed by atoms with Crippen LogP contribution in [0.5, 0.6) is 0 Å². The van der Waals surface area contributed by atoms with E-state index < -0.39 is 0 Å². The lowest BCUT2D eigenvalue weighted by Crippen LogP contribution is -2.10. The van der Waals surface area contributed by atoms with Crippen LogP contribution < -0.4 is 5.73 Å². The summed E-state index contributed by atoms with van der Waals surface area (Å²) in [6, 6.07) is 2.10. The second-order valence-electron chi connectivity index (χ2n) is 3.32. The second-order valence-corrected chi connectivity index (χ2v) is 3.32. The summed E-state index contributed by atoms with van der Waals surface area (Å²) in [4.78, 5) is 4.25. The van der Waals surface area contributed by atoms with Crippen LogP contribution in [0.15, 0.2) is 12.3 Å². The Kier molecular flexibility index (Phi) is 2.82. The Hall–Kier alpha value is -0.890. The van der Waals surface area contributed by atoms with Crippen molar-refractivity contribution in [3.63, 3.8) is 0 Å². The van der Waals surface area contributed by atoms with E-state index in [1.54, 1.807) is 0 Å². The highest BCUT2D eigenvalue weighted by Crippen LogP contribution is 2.17. The van der Waals surface area contributed by atoms with Gasteiger partial charge in [0.2, 0.25) is 0 Å². The monoisotopic (exact) mass is 164 g/mol. The second kappa shape index (κ2) is 3.68. The molecular weight excluding hydrogens is 148 g/mol. The molecule has 0 aromatic carbocycles. The van der Waals surface area contributed by atoms with Gasteiger partial charge in [0.05, 0.1) is 0 Å². The standard InChI is InChI=1S/C10H16N2/c1-7-4-9(3)12-6-10(7)8(2)5-11/h4,6,8H,5,11H2,1-3H3. The van der Waals surface area contributed by atoms with Gasteiger partial charge >= 0.3 is 0 Å². The molecule has 0 saturated heterocycles. The van der Waals surface area contributed by atoms with Crippen LogP contribution in [0.3, 0.4) is 0 Å². The van der Waals surface area contributed by atoms with E-state index >= 15 is 0 Å². The number of aryl methyl sites for hydroxylation is 2. The number of hydrogen-bond donors (Lipinski definition) is 1. The van der Waals surface area contributed by atoms with E-state index in [0.717, 1.165) is 5.69 Å². The van der Waals surface area contributed by atoms with Crippen LogP contribution >= 0.6 is 0 Å². The molecule has 1 heterocycles. The number of hydrogen-bond acceptors (Lipinski definition) is 2. The minimum atomic E-state index is 0.415. The molecule has 0 saturated carbocycles. The molecule has 2 nitrogen and oxygen atoms in total. The Morgan fingerprint density at radius 1 is 1.50 bits per heavy atom. The van der Waals surface area contributed by atoms with Gasteiger partial charge in [0.1, 0.15) is 0 Å². The summed E-state index contributed by atoms with van der Waals surface area (Å²) in [6.45, 7) is 6.92. The van der Waals surface area contributed by atoms with E-state index in [1.165, 1.54) is 11.1 Å². The quantitative estimate of drug-likeness (QED) is 0.723. The van der Waals surface area contributed by atoms with Gasteiger partial charge in [-0.3, -0.25) is 4.98 Å². The predicted molar refractivity (Wildman–Crippen MR) is 51.2 cm³/mol. The van der Waals surface area contributed by atoms with Crippen molar-refractivity contribution >= 4 is 0 Å². The predicted octanol–water partition coefficient (Wildman–Crippen LogP) is 1.76. The average molecular weight is 164 g/mol. The van der Waals surface area contributed by atoms with Gasteiger partial charge in [-0.05, 0) is 43.5 Å². The Balaban J connectivity index is 3.01. The van der Waals surface area contributed by atoms with Gasteiger partial charge in [-0.1, -0.05) is 6.92 Å². The maximum Gasteiger partial charge on any atom is 0.0375 e. The van der Waals surface area contributed by atoms with Crippen molar-refractivity contribution in [2.24, 2.45) is 5.73 Å². The minimum absolute atomic E-state index is 0.415. The van der Waals surface area contributed by atoms with Crippen molar-refractivity contribution in [2.75, 3.05) is 6.54 Å². The first kappa shape index (κ1) is 9.20. The lowest BCUT2D eigenvalue weighted by molar-refractivity contribution is 0.761. The molecule has 0 radical (unpaired) electrons. The molecule has 2 N–H and O–H groups in total. The van der Waals surface area contributed by atoms with Gasteiger partial charge in [-0.15, -0.1) is 0 Å². The fraction of sp³-hybridized carbons (Fsp3) is 0.500. The summed E-state index contributed by atoms with van der Waals surface area (Å²) >= 11 is 0. The summed E-state index contributed by atoms with van der Waals surface area (Å²) in [7, 11) is 0. The number of rotatable bonds is 2. The summed E-state index contributed by atoms with van der Waals surface area (Å²) in [5.74, 6) is 0.415. The van der Waals surface area contributed by atoms with E-state index in [0.29, 0.717) is 12.5 Å². The lowest BCUT2D eigenvalue weighted by atomic mass is 9.98. The van der Waals surface area contributed by atoms with E-state index in [1.807, 2.05) is 13.1 Å². The third kappa shape index (κ3) is 1.83. The van der Waals surface area contributed by atoms with Gasteiger partial charge < -0.3 is 5.73 Å². The molecule has 0 aliphatic heterocycles. The number of nitrogens with zero attached hydrogens (tertiary/aromatic N) is 1. The van der Waals surface area contributed by atoms with Crippen LogP contribution in [0.1, 0.15) is 29.7 Å². The van der Waals surface area contributed by atoms with Gasteiger partial charge in [-0.25, -0.2) is 0 Å². The summed E-state index contributed by atoms with van der Waals surface area (Å²) in [6.07, 6.45) is 1.93. The molecule has 1 atom stereocenters. The first-order valence-electron chi connectivity index (χ1n) is 4.28. The van der Waals surface area contributed by atoms with E-state index in [9.17, 15) is 0 Å². The minimum Gasteiger partial charge on any atom is -0.330 e. The fourth-order valence-electron chi connectivity index (χ4n) is 1.35. The molecule has 2 heteroatoms. The first-order chi connectivity index (χ1) is 5.65. The van der Waals surface area contributed by atoms with E-state index in [2.05, 4.69) is 24.9 Å². The van der Waals surface area contributed by atoms with Crippen molar-refractivity contribution in [1.29, 1.82) is 0 Å². The molecule has 1 rings (SSSR count). The van der Waals surface area contributed by atoms with Crippen molar-refractivity contribution in [3.8, 4) is 0 Å². The number of aromatic nitrogens is 1. The van der Waals surface area contributed by atoms with Crippen LogP contribution in [0.25, 0.3) is 0 Å². The average Bonchev–Trinajstić information content (AvgIpc) is 2.03. The summed E-state index contributed by atoms with van der Waals surface area (Å²) in [5.41, 5.74) is 9.21. The van der Waals surface area contributed by atoms with Gasteiger partial charge in [0, 0.05) is 11.9 Å². The summed E-state index contributed by atoms with van der Waals surface area (Å²) in [5, 5.41) is 0. The topological polar surface area (TPSA) is 38.9 Å². The zero-order valence-corrected chi connectivity index (χ0v) is 7.96. The van der Waals surface area contributed by atoms with Crippen molar-refractivity contribution in [3.05, 3.63) is 29.1 Å². The SMILES string of the molecule is Cc1cc(C)c(C(C)CN)cn1. The maximum atomic E-state index is 5.58. The molecule has 0 spiro atoms. The van der Waals surface area contributed by atoms with Crippen LogP contribution in [-0.2, 0) is 0 Å². The molecule has 12 heavy (non-hydrogen) atoms. The molecule has 66 valence electrons. The van der Waals surface area contributed by atoms with Gasteiger partial charge in [0.25, 0.3) is 0 Å². The zero-order valence-electron chi connectivity index (χ0n) is 7.96. The van der Waals surface area contributed by atoms with Crippen molar-refractivity contribution in [2.45, 2.75) is 26.7 Å². The largest absolute Gasteiger partial charge is 0.330 e. The highest BCUT2D eigenvalue weighted by atomic mass is 14.7. The Labute approximate surface area is 73.8 Å². The van der Waals surface area contributed by atoms with Crippen LogP contribution in [-0.4, -0.2) is 11.5 Å². The van der Waals surface area contributed by atoms with Crippen molar-refractivity contribution in [1.82, 2.24) is 4.98 Å². The van der Waals surface area contributed by atoms with E-state index in [-0.39, 0.29) is 0 Å². The van der Waals surface area contributed by atoms with Crippen LogP contribution in [0.2, 0.25) is 0 Å². The number of pyridine rings is 1. The van der Waals surface area contributed by atoms with E-state index in [4.69, 9.17) is 5.73 Å². The van der Waals surface area contributed by atoms with Crippen LogP contribution in [0, 0.1) is 13.8 Å². The Morgan fingerprint density at radius 2 is 2.17 bits per heavy atom. The first-order valence-corrected chi connectivity index (χ1v) is 4.28. The van der Waals surface area contributed by atoms with Gasteiger partial charge in [-0.2, -0.15) is 0 Å². The smallest absolute Gasteiger partial charge is 0.0375 e. The Morgan fingerprint density at radius 3 is 2.67 bits per heavy atom. The van der Waals surface area contributed by atoms with Gasteiger partial charge in [0.15, 0.2) is 0 Å². The zero-order chi connectivity index (χ0) is 9.14. The fourth-order valence-corrected chi connectivity index (χ4v) is 1.35. The molecule has 0 aliphatic carbocycles. The molecule has 1 aromatic rings. The third-order valence-corrected chi connectivity index (χ3v) is 2.17. The normalized spacial score (nSPS) is 13.0. The highest BCUT2D eigenvalue weighted by Gasteiger charge is 2.06. The molecule has 0 fully saturated rings. The molecule has 0 amide bonds.